The number of pyridine rings is 1. The van der Waals surface area contributed by atoms with Crippen LogP contribution in [0.5, 0.6) is 0 Å². The second-order valence-corrected chi connectivity index (χ2v) is 5.73. The van der Waals surface area contributed by atoms with Gasteiger partial charge >= 0.3 is 5.97 Å². The van der Waals surface area contributed by atoms with Crippen LogP contribution in [0.4, 0.5) is 5.69 Å². The fourth-order valence-electron chi connectivity index (χ4n) is 1.30. The highest BCUT2D eigenvalue weighted by atomic mass is 32.2. The zero-order chi connectivity index (χ0) is 13.7. The lowest BCUT2D eigenvalue weighted by Gasteiger charge is -2.04. The maximum Gasteiger partial charge on any atom is 0.354 e. The fraction of sp³-hybridized carbons (Fsp3) is 0.0833. The van der Waals surface area contributed by atoms with Crippen LogP contribution in [-0.4, -0.2) is 27.7 Å². The number of nitrogens with zero attached hydrogens (tertiary/aromatic N) is 1. The second kappa shape index (κ2) is 6.35. The monoisotopic (exact) mass is 294 g/mol. The number of hydrogen-bond donors (Lipinski definition) is 2. The zero-order valence-corrected chi connectivity index (χ0v) is 11.3. The maximum atomic E-state index is 11.7. The number of thioether (sulfide) groups is 1. The summed E-state index contributed by atoms with van der Waals surface area (Å²) in [6.45, 7) is 0. The molecule has 2 aromatic heterocycles. The average Bonchev–Trinajstić information content (AvgIpc) is 2.90. The number of carbonyl (C=O) groups excluding carboxylic acids is 1. The number of hydrogen-bond acceptors (Lipinski definition) is 5. The van der Waals surface area contributed by atoms with E-state index < -0.39 is 5.97 Å². The van der Waals surface area contributed by atoms with E-state index in [1.165, 1.54) is 24.0 Å². The minimum Gasteiger partial charge on any atom is -0.477 e. The summed E-state index contributed by atoms with van der Waals surface area (Å²) in [5, 5.41) is 13.4. The Labute approximate surface area is 117 Å². The van der Waals surface area contributed by atoms with Crippen LogP contribution < -0.4 is 5.32 Å². The number of amides is 1. The number of carboxylic acid groups (broad SMARTS) is 1. The molecule has 0 atom stereocenters. The van der Waals surface area contributed by atoms with Crippen LogP contribution in [0.15, 0.2) is 40.1 Å². The van der Waals surface area contributed by atoms with E-state index in [-0.39, 0.29) is 17.4 Å². The molecule has 2 rings (SSSR count). The van der Waals surface area contributed by atoms with Crippen LogP contribution in [0, 0.1) is 0 Å². The van der Waals surface area contributed by atoms with Crippen molar-refractivity contribution in [2.75, 3.05) is 11.1 Å². The molecule has 1 amide bonds. The van der Waals surface area contributed by atoms with Crippen LogP contribution in [0.2, 0.25) is 0 Å². The first-order chi connectivity index (χ1) is 9.15. The molecule has 0 fully saturated rings. The SMILES string of the molecule is O=C(CSc1cccs1)Nc1ccnc(C(=O)O)c1. The summed E-state index contributed by atoms with van der Waals surface area (Å²) in [5.41, 5.74) is 0.341. The summed E-state index contributed by atoms with van der Waals surface area (Å²) in [6, 6.07) is 6.75. The van der Waals surface area contributed by atoms with E-state index in [4.69, 9.17) is 5.11 Å². The standard InChI is InChI=1S/C12H10N2O3S2/c15-10(7-19-11-2-1-5-18-11)14-8-3-4-13-9(6-8)12(16)17/h1-6H,7H2,(H,16,17)(H,13,14,15). The Morgan fingerprint density at radius 3 is 2.95 bits per heavy atom. The summed E-state index contributed by atoms with van der Waals surface area (Å²) in [7, 11) is 0. The highest BCUT2D eigenvalue weighted by Crippen LogP contribution is 2.23. The van der Waals surface area contributed by atoms with Gasteiger partial charge in [0.15, 0.2) is 0 Å². The van der Waals surface area contributed by atoms with Crippen LogP contribution >= 0.6 is 23.1 Å². The van der Waals surface area contributed by atoms with Gasteiger partial charge in [0, 0.05) is 11.9 Å². The van der Waals surface area contributed by atoms with Gasteiger partial charge in [-0.05, 0) is 23.6 Å². The molecule has 0 aliphatic heterocycles. The first-order valence-corrected chi connectivity index (χ1v) is 7.17. The normalized spacial score (nSPS) is 10.1. The molecule has 2 heterocycles. The van der Waals surface area contributed by atoms with E-state index in [2.05, 4.69) is 10.3 Å². The third-order valence-electron chi connectivity index (χ3n) is 2.10. The van der Waals surface area contributed by atoms with Gasteiger partial charge in [0.1, 0.15) is 5.69 Å². The number of carboxylic acids is 1. The molecule has 0 spiro atoms. The number of carbonyl (C=O) groups is 2. The van der Waals surface area contributed by atoms with Crippen molar-refractivity contribution in [3.63, 3.8) is 0 Å². The van der Waals surface area contributed by atoms with E-state index in [1.54, 1.807) is 17.4 Å². The second-order valence-electron chi connectivity index (χ2n) is 3.50. The molecule has 7 heteroatoms. The molecule has 0 saturated heterocycles. The molecular formula is C12H10N2O3S2. The van der Waals surface area contributed by atoms with E-state index >= 15 is 0 Å². The molecule has 0 unspecified atom stereocenters. The summed E-state index contributed by atoms with van der Waals surface area (Å²) in [4.78, 5) is 26.1. The van der Waals surface area contributed by atoms with Gasteiger partial charge in [-0.3, -0.25) is 4.79 Å². The van der Waals surface area contributed by atoms with Gasteiger partial charge in [0.2, 0.25) is 5.91 Å². The van der Waals surface area contributed by atoms with Crippen LogP contribution in [0.25, 0.3) is 0 Å². The van der Waals surface area contributed by atoms with Gasteiger partial charge in [0.25, 0.3) is 0 Å². The number of aromatic nitrogens is 1. The lowest BCUT2D eigenvalue weighted by atomic mass is 10.3. The van der Waals surface area contributed by atoms with Gasteiger partial charge < -0.3 is 10.4 Å². The molecule has 2 aromatic rings. The molecule has 98 valence electrons. The topological polar surface area (TPSA) is 79.3 Å². The minimum atomic E-state index is -1.12. The third-order valence-corrected chi connectivity index (χ3v) is 4.23. The van der Waals surface area contributed by atoms with Crippen molar-refractivity contribution >= 4 is 40.7 Å². The van der Waals surface area contributed by atoms with Gasteiger partial charge in [0.05, 0.1) is 9.96 Å². The van der Waals surface area contributed by atoms with Crippen molar-refractivity contribution in [1.82, 2.24) is 4.98 Å². The lowest BCUT2D eigenvalue weighted by Crippen LogP contribution is -2.14. The number of nitrogens with one attached hydrogen (secondary N) is 1. The third kappa shape index (κ3) is 4.08. The number of rotatable bonds is 5. The van der Waals surface area contributed by atoms with E-state index in [0.717, 1.165) is 4.21 Å². The van der Waals surface area contributed by atoms with Crippen molar-refractivity contribution in [3.8, 4) is 0 Å². The molecule has 0 aromatic carbocycles. The first kappa shape index (κ1) is 13.6. The maximum absolute atomic E-state index is 11.7. The predicted molar refractivity (Wildman–Crippen MR) is 74.9 cm³/mol. The Hall–Kier alpha value is -1.86. The molecule has 5 nitrogen and oxygen atoms in total. The Bertz CT molecular complexity index is 584. The summed E-state index contributed by atoms with van der Waals surface area (Å²) in [5.74, 6) is -1.02. The van der Waals surface area contributed by atoms with Gasteiger partial charge in [-0.1, -0.05) is 6.07 Å². The number of anilines is 1. The Kier molecular flexibility index (Phi) is 4.53. The van der Waals surface area contributed by atoms with Gasteiger partial charge in [-0.15, -0.1) is 23.1 Å². The number of aromatic carboxylic acids is 1. The Morgan fingerprint density at radius 1 is 1.42 bits per heavy atom. The minimum absolute atomic E-state index is 0.0938. The highest BCUT2D eigenvalue weighted by molar-refractivity contribution is 8.01. The lowest BCUT2D eigenvalue weighted by molar-refractivity contribution is -0.113. The van der Waals surface area contributed by atoms with Crippen molar-refractivity contribution in [2.45, 2.75) is 4.21 Å². The summed E-state index contributed by atoms with van der Waals surface area (Å²) in [6.07, 6.45) is 1.35. The van der Waals surface area contributed by atoms with Crippen molar-refractivity contribution in [2.24, 2.45) is 0 Å². The highest BCUT2D eigenvalue weighted by Gasteiger charge is 2.08. The molecule has 0 aliphatic carbocycles. The van der Waals surface area contributed by atoms with Gasteiger partial charge in [-0.2, -0.15) is 0 Å². The van der Waals surface area contributed by atoms with Gasteiger partial charge in [-0.25, -0.2) is 9.78 Å². The average molecular weight is 294 g/mol. The molecular weight excluding hydrogens is 284 g/mol. The molecule has 0 bridgehead atoms. The Balaban J connectivity index is 1.91. The van der Waals surface area contributed by atoms with Crippen molar-refractivity contribution in [3.05, 3.63) is 41.5 Å². The molecule has 2 N–H and O–H groups in total. The number of thiophene rings is 1. The summed E-state index contributed by atoms with van der Waals surface area (Å²) < 4.78 is 1.07. The zero-order valence-electron chi connectivity index (χ0n) is 9.70. The van der Waals surface area contributed by atoms with E-state index in [0.29, 0.717) is 5.69 Å². The van der Waals surface area contributed by atoms with E-state index in [9.17, 15) is 9.59 Å². The van der Waals surface area contributed by atoms with Crippen LogP contribution in [0.1, 0.15) is 10.5 Å². The Morgan fingerprint density at radius 2 is 2.26 bits per heavy atom. The molecule has 0 saturated carbocycles. The van der Waals surface area contributed by atoms with Crippen molar-refractivity contribution < 1.29 is 14.7 Å². The molecule has 0 radical (unpaired) electrons. The van der Waals surface area contributed by atoms with Crippen molar-refractivity contribution in [1.29, 1.82) is 0 Å². The predicted octanol–water partition coefficient (Wildman–Crippen LogP) is 2.57. The first-order valence-electron chi connectivity index (χ1n) is 5.30. The van der Waals surface area contributed by atoms with E-state index in [1.807, 2.05) is 17.5 Å². The molecule has 0 aliphatic rings. The quantitative estimate of drug-likeness (QED) is 0.829. The largest absolute Gasteiger partial charge is 0.477 e. The van der Waals surface area contributed by atoms with Crippen LogP contribution in [0.3, 0.4) is 0 Å². The molecule has 19 heavy (non-hydrogen) atoms. The smallest absolute Gasteiger partial charge is 0.354 e. The summed E-state index contributed by atoms with van der Waals surface area (Å²) >= 11 is 3.01. The van der Waals surface area contributed by atoms with Crippen LogP contribution in [-0.2, 0) is 4.79 Å². The fourth-order valence-corrected chi connectivity index (χ4v) is 2.89.